The summed E-state index contributed by atoms with van der Waals surface area (Å²) >= 11 is 0. The number of nitrogens with zero attached hydrogens (tertiary/aromatic N) is 1. The molecule has 0 unspecified atom stereocenters. The number of nitrogens with one attached hydrogen (secondary N) is 3. The van der Waals surface area contributed by atoms with E-state index in [1.54, 1.807) is 0 Å². The highest BCUT2D eigenvalue weighted by atomic mass is 15.2. The minimum Gasteiger partial charge on any atom is -0.361 e. The van der Waals surface area contributed by atoms with Gasteiger partial charge in [0.25, 0.3) is 0 Å². The van der Waals surface area contributed by atoms with Crippen molar-refractivity contribution in [3.05, 3.63) is 36.0 Å². The van der Waals surface area contributed by atoms with Crippen molar-refractivity contribution in [1.82, 2.24) is 15.6 Å². The third kappa shape index (κ3) is 3.76. The molecule has 0 amide bonds. The number of aryl methyl sites for hydroxylation is 1. The van der Waals surface area contributed by atoms with Crippen LogP contribution in [-0.4, -0.2) is 31.1 Å². The van der Waals surface area contributed by atoms with Crippen molar-refractivity contribution >= 4 is 16.9 Å². The van der Waals surface area contributed by atoms with Gasteiger partial charge in [-0.25, -0.2) is 0 Å². The molecule has 0 aliphatic rings. The number of fused-ring (bicyclic) bond motifs is 1. The van der Waals surface area contributed by atoms with Crippen molar-refractivity contribution in [3.63, 3.8) is 0 Å². The molecule has 2 aromatic rings. The van der Waals surface area contributed by atoms with Crippen LogP contribution in [0.3, 0.4) is 0 Å². The zero-order valence-corrected chi connectivity index (χ0v) is 12.4. The van der Waals surface area contributed by atoms with Crippen molar-refractivity contribution < 1.29 is 0 Å². The summed E-state index contributed by atoms with van der Waals surface area (Å²) in [6.07, 6.45) is 5.39. The van der Waals surface area contributed by atoms with E-state index >= 15 is 0 Å². The highest BCUT2D eigenvalue weighted by molar-refractivity contribution is 5.83. The Balaban J connectivity index is 1.78. The number of aliphatic imine (C=N–C) groups is 1. The van der Waals surface area contributed by atoms with E-state index in [4.69, 9.17) is 0 Å². The molecular formula is C16H24N4. The molecule has 4 nitrogen and oxygen atoms in total. The van der Waals surface area contributed by atoms with Crippen molar-refractivity contribution in [2.45, 2.75) is 26.2 Å². The van der Waals surface area contributed by atoms with Crippen LogP contribution in [0.2, 0.25) is 0 Å². The van der Waals surface area contributed by atoms with E-state index in [0.717, 1.165) is 38.3 Å². The first kappa shape index (κ1) is 14.4. The number of H-pyrrole nitrogens is 1. The zero-order chi connectivity index (χ0) is 14.2. The minimum atomic E-state index is 0.894. The number of guanidine groups is 1. The molecule has 20 heavy (non-hydrogen) atoms. The summed E-state index contributed by atoms with van der Waals surface area (Å²) in [5.41, 5.74) is 2.61. The summed E-state index contributed by atoms with van der Waals surface area (Å²) in [4.78, 5) is 7.52. The molecule has 0 aliphatic heterocycles. The minimum absolute atomic E-state index is 0.894. The number of para-hydroxylation sites is 1. The molecule has 1 aromatic heterocycles. The Labute approximate surface area is 120 Å². The average molecular weight is 272 g/mol. The standard InChI is InChI=1S/C16H24N4/c1-3-10-18-16(17-2)19-11-6-7-13-12-20-15-9-5-4-8-14(13)15/h4-5,8-9,12,20H,3,6-7,10-11H2,1-2H3,(H2,17,18,19). The van der Waals surface area contributed by atoms with Gasteiger partial charge in [0.05, 0.1) is 0 Å². The van der Waals surface area contributed by atoms with Crippen molar-refractivity contribution in [1.29, 1.82) is 0 Å². The van der Waals surface area contributed by atoms with Crippen LogP contribution in [0.25, 0.3) is 10.9 Å². The summed E-state index contributed by atoms with van der Waals surface area (Å²) in [5, 5.41) is 7.95. The molecule has 3 N–H and O–H groups in total. The molecule has 0 saturated heterocycles. The second-order valence-corrected chi connectivity index (χ2v) is 4.89. The maximum absolute atomic E-state index is 4.20. The fourth-order valence-electron chi connectivity index (χ4n) is 2.29. The summed E-state index contributed by atoms with van der Waals surface area (Å²) < 4.78 is 0. The Morgan fingerprint density at radius 2 is 2.00 bits per heavy atom. The normalized spacial score (nSPS) is 11.8. The van der Waals surface area contributed by atoms with Gasteiger partial charge in [0, 0.05) is 37.2 Å². The molecule has 0 fully saturated rings. The Bertz CT molecular complexity index is 556. The van der Waals surface area contributed by atoms with E-state index in [1.165, 1.54) is 16.5 Å². The van der Waals surface area contributed by atoms with E-state index in [9.17, 15) is 0 Å². The van der Waals surface area contributed by atoms with Gasteiger partial charge in [0.15, 0.2) is 5.96 Å². The van der Waals surface area contributed by atoms with Crippen LogP contribution in [-0.2, 0) is 6.42 Å². The first-order valence-electron chi connectivity index (χ1n) is 7.34. The van der Waals surface area contributed by atoms with Gasteiger partial charge in [-0.15, -0.1) is 0 Å². The molecule has 0 spiro atoms. The quantitative estimate of drug-likeness (QED) is 0.430. The van der Waals surface area contributed by atoms with Crippen molar-refractivity contribution in [2.24, 2.45) is 4.99 Å². The lowest BCUT2D eigenvalue weighted by atomic mass is 10.1. The second kappa shape index (κ2) is 7.58. The highest BCUT2D eigenvalue weighted by Gasteiger charge is 2.02. The molecule has 0 bridgehead atoms. The van der Waals surface area contributed by atoms with E-state index in [2.05, 4.69) is 58.0 Å². The van der Waals surface area contributed by atoms with Crippen molar-refractivity contribution in [3.8, 4) is 0 Å². The molecule has 0 saturated carbocycles. The number of aromatic nitrogens is 1. The predicted molar refractivity (Wildman–Crippen MR) is 86.3 cm³/mol. The average Bonchev–Trinajstić information content (AvgIpc) is 2.90. The van der Waals surface area contributed by atoms with E-state index in [-0.39, 0.29) is 0 Å². The Morgan fingerprint density at radius 3 is 2.80 bits per heavy atom. The SMILES string of the molecule is CCCNC(=NC)NCCCc1c[nH]c2ccccc12. The van der Waals surface area contributed by atoms with E-state index in [0.29, 0.717) is 0 Å². The Hall–Kier alpha value is -1.97. The molecule has 0 atom stereocenters. The van der Waals surface area contributed by atoms with E-state index in [1.807, 2.05) is 7.05 Å². The molecule has 108 valence electrons. The van der Waals surface area contributed by atoms with Crippen LogP contribution in [0.15, 0.2) is 35.5 Å². The van der Waals surface area contributed by atoms with Gasteiger partial charge in [0.2, 0.25) is 0 Å². The smallest absolute Gasteiger partial charge is 0.190 e. The fourth-order valence-corrected chi connectivity index (χ4v) is 2.29. The zero-order valence-electron chi connectivity index (χ0n) is 12.4. The van der Waals surface area contributed by atoms with Gasteiger partial charge in [-0.1, -0.05) is 25.1 Å². The lowest BCUT2D eigenvalue weighted by Crippen LogP contribution is -2.38. The molecular weight excluding hydrogens is 248 g/mol. The molecule has 0 radical (unpaired) electrons. The van der Waals surface area contributed by atoms with Crippen LogP contribution in [0, 0.1) is 0 Å². The van der Waals surface area contributed by atoms with Gasteiger partial charge in [-0.3, -0.25) is 4.99 Å². The van der Waals surface area contributed by atoms with Gasteiger partial charge in [-0.2, -0.15) is 0 Å². The third-order valence-electron chi connectivity index (χ3n) is 3.36. The first-order chi connectivity index (χ1) is 9.85. The van der Waals surface area contributed by atoms with Gasteiger partial charge >= 0.3 is 0 Å². The summed E-state index contributed by atoms with van der Waals surface area (Å²) in [6.45, 7) is 4.04. The van der Waals surface area contributed by atoms with Crippen molar-refractivity contribution in [2.75, 3.05) is 20.1 Å². The number of aromatic amines is 1. The second-order valence-electron chi connectivity index (χ2n) is 4.89. The number of hydrogen-bond donors (Lipinski definition) is 3. The van der Waals surface area contributed by atoms with Crippen LogP contribution < -0.4 is 10.6 Å². The summed E-state index contributed by atoms with van der Waals surface area (Å²) in [5.74, 6) is 0.894. The maximum atomic E-state index is 4.20. The topological polar surface area (TPSA) is 52.2 Å². The highest BCUT2D eigenvalue weighted by Crippen LogP contribution is 2.18. The molecule has 4 heteroatoms. The molecule has 0 aliphatic carbocycles. The fraction of sp³-hybridized carbons (Fsp3) is 0.438. The maximum Gasteiger partial charge on any atom is 0.190 e. The number of rotatable bonds is 6. The third-order valence-corrected chi connectivity index (χ3v) is 3.36. The first-order valence-corrected chi connectivity index (χ1v) is 7.34. The van der Waals surface area contributed by atoms with Crippen LogP contribution >= 0.6 is 0 Å². The van der Waals surface area contributed by atoms with Gasteiger partial charge in [0.1, 0.15) is 0 Å². The monoisotopic (exact) mass is 272 g/mol. The van der Waals surface area contributed by atoms with Crippen LogP contribution in [0.1, 0.15) is 25.3 Å². The Kier molecular flexibility index (Phi) is 5.47. The number of hydrogen-bond acceptors (Lipinski definition) is 1. The lowest BCUT2D eigenvalue weighted by Gasteiger charge is -2.10. The molecule has 2 rings (SSSR count). The molecule has 1 aromatic carbocycles. The Morgan fingerprint density at radius 1 is 1.20 bits per heavy atom. The van der Waals surface area contributed by atoms with E-state index < -0.39 is 0 Å². The van der Waals surface area contributed by atoms with Gasteiger partial charge in [-0.05, 0) is 30.9 Å². The van der Waals surface area contributed by atoms with Crippen LogP contribution in [0.4, 0.5) is 0 Å². The van der Waals surface area contributed by atoms with Crippen LogP contribution in [0.5, 0.6) is 0 Å². The largest absolute Gasteiger partial charge is 0.361 e. The lowest BCUT2D eigenvalue weighted by molar-refractivity contribution is 0.736. The van der Waals surface area contributed by atoms with Gasteiger partial charge < -0.3 is 15.6 Å². The summed E-state index contributed by atoms with van der Waals surface area (Å²) in [6, 6.07) is 8.45. The molecule has 1 heterocycles. The predicted octanol–water partition coefficient (Wildman–Crippen LogP) is 2.68. The summed E-state index contributed by atoms with van der Waals surface area (Å²) in [7, 11) is 1.81. The number of benzene rings is 1.